The highest BCUT2D eigenvalue weighted by Gasteiger charge is 2.29. The summed E-state index contributed by atoms with van der Waals surface area (Å²) in [5.41, 5.74) is 0. The zero-order chi connectivity index (χ0) is 12.2. The van der Waals surface area contributed by atoms with Crippen LogP contribution in [-0.2, 0) is 9.84 Å². The van der Waals surface area contributed by atoms with Crippen molar-refractivity contribution in [3.05, 3.63) is 0 Å². The number of unbranched alkanes of at least 4 members (excludes halogenated alkanes) is 1. The van der Waals surface area contributed by atoms with E-state index in [1.54, 1.807) is 0 Å². The quantitative estimate of drug-likeness (QED) is 0.603. The van der Waals surface area contributed by atoms with Crippen LogP contribution in [0.15, 0.2) is 0 Å². The van der Waals surface area contributed by atoms with Crippen molar-refractivity contribution >= 4 is 27.2 Å². The Bertz CT molecular complexity index is 341. The van der Waals surface area contributed by atoms with Crippen molar-refractivity contribution in [2.45, 2.75) is 32.7 Å². The molecule has 1 aliphatic rings. The fraction of sp³-hybridized carbons (Fsp3) is 0.900. The Kier molecular flexibility index (Phi) is 4.98. The average molecular weight is 264 g/mol. The van der Waals surface area contributed by atoms with Crippen LogP contribution in [0.5, 0.6) is 0 Å². The molecule has 0 aromatic carbocycles. The highest BCUT2D eigenvalue weighted by Crippen LogP contribution is 2.11. The summed E-state index contributed by atoms with van der Waals surface area (Å²) in [6, 6.07) is -0.0135. The van der Waals surface area contributed by atoms with Gasteiger partial charge in [-0.1, -0.05) is 13.3 Å². The molecule has 0 aliphatic carbocycles. The smallest absolute Gasteiger partial charge is 0.169 e. The molecule has 1 N–H and O–H groups in total. The van der Waals surface area contributed by atoms with E-state index in [1.807, 2.05) is 11.8 Å². The van der Waals surface area contributed by atoms with Crippen molar-refractivity contribution in [3.8, 4) is 0 Å². The molecule has 0 aromatic heterocycles. The Balaban J connectivity index is 2.46. The van der Waals surface area contributed by atoms with Crippen LogP contribution in [0.1, 0.15) is 26.7 Å². The topological polar surface area (TPSA) is 49.4 Å². The molecule has 16 heavy (non-hydrogen) atoms. The molecule has 4 nitrogen and oxygen atoms in total. The first-order valence-electron chi connectivity index (χ1n) is 5.71. The summed E-state index contributed by atoms with van der Waals surface area (Å²) < 4.78 is 22.8. The average Bonchev–Trinajstić information content (AvgIpc) is 2.16. The van der Waals surface area contributed by atoms with Gasteiger partial charge in [-0.05, 0) is 25.6 Å². The van der Waals surface area contributed by atoms with Crippen LogP contribution in [0.4, 0.5) is 0 Å². The molecule has 0 saturated carbocycles. The van der Waals surface area contributed by atoms with E-state index in [0.29, 0.717) is 11.7 Å². The monoisotopic (exact) mass is 264 g/mol. The summed E-state index contributed by atoms with van der Waals surface area (Å²) >= 11 is 5.26. The first-order valence-corrected chi connectivity index (χ1v) is 7.94. The zero-order valence-corrected chi connectivity index (χ0v) is 11.5. The summed E-state index contributed by atoms with van der Waals surface area (Å²) in [6.07, 6.45) is 2.21. The largest absolute Gasteiger partial charge is 0.363 e. The molecular weight excluding hydrogens is 244 g/mol. The molecule has 6 heteroatoms. The highest BCUT2D eigenvalue weighted by molar-refractivity contribution is 7.91. The lowest BCUT2D eigenvalue weighted by Crippen LogP contribution is -2.53. The summed E-state index contributed by atoms with van der Waals surface area (Å²) in [6.45, 7) is 5.41. The van der Waals surface area contributed by atoms with Crippen molar-refractivity contribution in [1.29, 1.82) is 0 Å². The first-order chi connectivity index (χ1) is 7.46. The molecule has 1 aliphatic heterocycles. The summed E-state index contributed by atoms with van der Waals surface area (Å²) in [5, 5.41) is 3.86. The van der Waals surface area contributed by atoms with Gasteiger partial charge in [-0.15, -0.1) is 0 Å². The molecule has 1 rings (SSSR count). The Morgan fingerprint density at radius 2 is 2.25 bits per heavy atom. The Hall–Kier alpha value is -0.360. The second kappa shape index (κ2) is 5.82. The van der Waals surface area contributed by atoms with Crippen molar-refractivity contribution in [3.63, 3.8) is 0 Å². The third-order valence-corrected chi connectivity index (χ3v) is 4.91. The van der Waals surface area contributed by atoms with Gasteiger partial charge in [-0.25, -0.2) is 8.42 Å². The number of sulfone groups is 1. The molecule has 1 saturated heterocycles. The maximum absolute atomic E-state index is 11.4. The Morgan fingerprint density at radius 1 is 1.56 bits per heavy atom. The molecule has 1 atom stereocenters. The lowest BCUT2D eigenvalue weighted by molar-refractivity contribution is 0.347. The lowest BCUT2D eigenvalue weighted by Gasteiger charge is -2.35. The van der Waals surface area contributed by atoms with E-state index in [4.69, 9.17) is 12.2 Å². The number of hydrogen-bond donors (Lipinski definition) is 1. The second-order valence-electron chi connectivity index (χ2n) is 4.24. The molecule has 0 bridgehead atoms. The lowest BCUT2D eigenvalue weighted by atomic mass is 10.3. The number of nitrogens with zero attached hydrogens (tertiary/aromatic N) is 1. The standard InChI is InChI=1S/C10H20N2O2S2/c1-3-4-5-11-10(15)12-6-7-16(13,14)8-9(12)2/h9H,3-8H2,1-2H3,(H,11,15). The van der Waals surface area contributed by atoms with Crippen molar-refractivity contribution in [1.82, 2.24) is 10.2 Å². The second-order valence-corrected chi connectivity index (χ2v) is 6.86. The predicted octanol–water partition coefficient (Wildman–Crippen LogP) is 0.780. The molecule has 0 radical (unpaired) electrons. The molecule has 0 aromatic rings. The van der Waals surface area contributed by atoms with E-state index in [0.717, 1.165) is 19.4 Å². The van der Waals surface area contributed by atoms with E-state index in [1.165, 1.54) is 0 Å². The number of hydrogen-bond acceptors (Lipinski definition) is 3. The normalized spacial score (nSPS) is 24.1. The summed E-state index contributed by atoms with van der Waals surface area (Å²) in [7, 11) is -2.85. The van der Waals surface area contributed by atoms with Crippen molar-refractivity contribution in [2.75, 3.05) is 24.6 Å². The number of thiocarbonyl (C=S) groups is 1. The van der Waals surface area contributed by atoms with Gasteiger partial charge in [0.05, 0.1) is 11.5 Å². The van der Waals surface area contributed by atoms with Crippen molar-refractivity contribution < 1.29 is 8.42 Å². The van der Waals surface area contributed by atoms with Crippen LogP contribution >= 0.6 is 12.2 Å². The molecule has 1 fully saturated rings. The van der Waals surface area contributed by atoms with Crippen molar-refractivity contribution in [2.24, 2.45) is 0 Å². The molecule has 1 heterocycles. The minimum absolute atomic E-state index is 0.0135. The van der Waals surface area contributed by atoms with Gasteiger partial charge in [-0.3, -0.25) is 0 Å². The summed E-state index contributed by atoms with van der Waals surface area (Å²) in [5.74, 6) is 0.426. The van der Waals surface area contributed by atoms with Gasteiger partial charge in [0.2, 0.25) is 0 Å². The fourth-order valence-corrected chi connectivity index (χ4v) is 3.70. The van der Waals surface area contributed by atoms with Gasteiger partial charge in [0.25, 0.3) is 0 Å². The van der Waals surface area contributed by atoms with Gasteiger partial charge in [0.1, 0.15) is 0 Å². The molecule has 0 amide bonds. The third kappa shape index (κ3) is 3.90. The van der Waals surface area contributed by atoms with Gasteiger partial charge in [-0.2, -0.15) is 0 Å². The number of nitrogens with one attached hydrogen (secondary N) is 1. The summed E-state index contributed by atoms with van der Waals surface area (Å²) in [4.78, 5) is 1.98. The highest BCUT2D eigenvalue weighted by atomic mass is 32.2. The molecule has 94 valence electrons. The van der Waals surface area contributed by atoms with E-state index in [2.05, 4.69) is 12.2 Å². The van der Waals surface area contributed by atoms with Crippen LogP contribution < -0.4 is 5.32 Å². The first kappa shape index (κ1) is 13.7. The fourth-order valence-electron chi connectivity index (χ4n) is 1.77. The van der Waals surface area contributed by atoms with Gasteiger partial charge in [0, 0.05) is 19.1 Å². The number of rotatable bonds is 3. The molecule has 1 unspecified atom stereocenters. The molecule has 0 spiro atoms. The SMILES string of the molecule is CCCCNC(=S)N1CCS(=O)(=O)CC1C. The third-order valence-electron chi connectivity index (χ3n) is 2.74. The van der Waals surface area contributed by atoms with E-state index in [-0.39, 0.29) is 17.5 Å². The molecular formula is C10H20N2O2S2. The van der Waals surface area contributed by atoms with Gasteiger partial charge in [0.15, 0.2) is 14.9 Å². The zero-order valence-electron chi connectivity index (χ0n) is 9.90. The maximum Gasteiger partial charge on any atom is 0.169 e. The van der Waals surface area contributed by atoms with Crippen LogP contribution in [-0.4, -0.2) is 49.1 Å². The van der Waals surface area contributed by atoms with Gasteiger partial charge < -0.3 is 10.2 Å². The van der Waals surface area contributed by atoms with Gasteiger partial charge >= 0.3 is 0 Å². The van der Waals surface area contributed by atoms with E-state index >= 15 is 0 Å². The minimum atomic E-state index is -2.85. The van der Waals surface area contributed by atoms with Crippen LogP contribution in [0.2, 0.25) is 0 Å². The van der Waals surface area contributed by atoms with Crippen LogP contribution in [0.3, 0.4) is 0 Å². The van der Waals surface area contributed by atoms with E-state index in [9.17, 15) is 8.42 Å². The predicted molar refractivity (Wildman–Crippen MR) is 70.3 cm³/mol. The Morgan fingerprint density at radius 3 is 2.81 bits per heavy atom. The minimum Gasteiger partial charge on any atom is -0.363 e. The van der Waals surface area contributed by atoms with Crippen LogP contribution in [0.25, 0.3) is 0 Å². The van der Waals surface area contributed by atoms with Crippen LogP contribution in [0, 0.1) is 0 Å². The Labute approximate surface area is 103 Å². The van der Waals surface area contributed by atoms with E-state index < -0.39 is 9.84 Å². The maximum atomic E-state index is 11.4.